The van der Waals surface area contributed by atoms with Crippen molar-refractivity contribution in [3.63, 3.8) is 0 Å². The Bertz CT molecular complexity index is 1970. The van der Waals surface area contributed by atoms with Gasteiger partial charge in [0.2, 0.25) is 0 Å². The summed E-state index contributed by atoms with van der Waals surface area (Å²) in [4.78, 5) is 14.7. The molecule has 0 radical (unpaired) electrons. The molecule has 0 saturated carbocycles. The van der Waals surface area contributed by atoms with Gasteiger partial charge in [0.05, 0.1) is 0 Å². The Morgan fingerprint density at radius 2 is 1.36 bits per heavy atom. The van der Waals surface area contributed by atoms with Crippen molar-refractivity contribution < 1.29 is 9.15 Å². The van der Waals surface area contributed by atoms with Crippen molar-refractivity contribution in [1.29, 1.82) is 0 Å². The highest BCUT2D eigenvalue weighted by Crippen LogP contribution is 2.52. The summed E-state index contributed by atoms with van der Waals surface area (Å²) in [5.74, 6) is 5.05. The molecule has 3 heterocycles. The van der Waals surface area contributed by atoms with E-state index in [1.54, 1.807) is 0 Å². The molecule has 8 rings (SSSR count). The van der Waals surface area contributed by atoms with Gasteiger partial charge in [0.25, 0.3) is 0 Å². The molecular weight excluding hydrogens is 518 g/mol. The Morgan fingerprint density at radius 1 is 0.714 bits per heavy atom. The molecule has 6 aromatic rings. The number of allylic oxidation sites excluding steroid dienone is 1. The van der Waals surface area contributed by atoms with Crippen LogP contribution in [-0.4, -0.2) is 15.0 Å². The van der Waals surface area contributed by atoms with E-state index in [2.05, 4.69) is 51.1 Å². The van der Waals surface area contributed by atoms with E-state index in [9.17, 15) is 0 Å². The second-order valence-electron chi connectivity index (χ2n) is 11.8. The van der Waals surface area contributed by atoms with Gasteiger partial charge in [-0.3, -0.25) is 0 Å². The number of hydrogen-bond donors (Lipinski definition) is 0. The highest BCUT2D eigenvalue weighted by molar-refractivity contribution is 5.94. The normalized spacial score (nSPS) is 16.4. The molecule has 0 amide bonds. The highest BCUT2D eigenvalue weighted by atomic mass is 16.5. The zero-order valence-corrected chi connectivity index (χ0v) is 23.8. The monoisotopic (exact) mass is 547 g/mol. The third-order valence-electron chi connectivity index (χ3n) is 8.52. The molecule has 5 nitrogen and oxygen atoms in total. The van der Waals surface area contributed by atoms with E-state index < -0.39 is 0 Å². The van der Waals surface area contributed by atoms with E-state index in [1.165, 1.54) is 5.56 Å². The lowest BCUT2D eigenvalue weighted by molar-refractivity contribution is 0.409. The lowest BCUT2D eigenvalue weighted by Crippen LogP contribution is -2.24. The van der Waals surface area contributed by atoms with Crippen molar-refractivity contribution in [2.24, 2.45) is 5.92 Å². The van der Waals surface area contributed by atoms with Gasteiger partial charge in [-0.15, -0.1) is 0 Å². The first-order valence-corrected chi connectivity index (χ1v) is 14.4. The first-order chi connectivity index (χ1) is 20.5. The molecule has 0 saturated heterocycles. The van der Waals surface area contributed by atoms with Crippen molar-refractivity contribution in [2.75, 3.05) is 0 Å². The maximum atomic E-state index is 6.64. The Labute approximate surface area is 244 Å². The van der Waals surface area contributed by atoms with E-state index >= 15 is 0 Å². The largest absolute Gasteiger partial charge is 0.456 e. The van der Waals surface area contributed by atoms with Gasteiger partial charge in [-0.2, -0.15) is 0 Å². The van der Waals surface area contributed by atoms with Crippen molar-refractivity contribution in [1.82, 2.24) is 15.0 Å². The van der Waals surface area contributed by atoms with Crippen LogP contribution in [0.5, 0.6) is 11.5 Å². The minimum Gasteiger partial charge on any atom is -0.456 e. The first-order valence-electron chi connectivity index (χ1n) is 14.4. The Hall–Kier alpha value is -5.03. The summed E-state index contributed by atoms with van der Waals surface area (Å²) < 4.78 is 13.1. The summed E-state index contributed by atoms with van der Waals surface area (Å²) in [6, 6.07) is 30.7. The summed E-state index contributed by atoms with van der Waals surface area (Å²) >= 11 is 0. The van der Waals surface area contributed by atoms with Crippen molar-refractivity contribution in [3.8, 4) is 45.7 Å². The number of aromatic nitrogens is 3. The number of rotatable bonds is 3. The highest BCUT2D eigenvalue weighted by Gasteiger charge is 2.37. The molecule has 1 unspecified atom stereocenters. The molecule has 0 N–H and O–H groups in total. The molecule has 0 spiro atoms. The summed E-state index contributed by atoms with van der Waals surface area (Å²) in [7, 11) is 0. The van der Waals surface area contributed by atoms with Crippen LogP contribution in [0.25, 0.3) is 51.2 Å². The molecular formula is C37H29N3O2. The quantitative estimate of drug-likeness (QED) is 0.221. The minimum absolute atomic E-state index is 0.332. The fraction of sp³-hybridized carbons (Fsp3) is 0.162. The second-order valence-corrected chi connectivity index (χ2v) is 11.8. The van der Waals surface area contributed by atoms with Gasteiger partial charge in [-0.05, 0) is 30.2 Å². The van der Waals surface area contributed by atoms with E-state index in [0.29, 0.717) is 23.4 Å². The molecule has 0 fully saturated rings. The third-order valence-corrected chi connectivity index (χ3v) is 8.52. The maximum absolute atomic E-state index is 6.64. The second kappa shape index (κ2) is 9.25. The summed E-state index contributed by atoms with van der Waals surface area (Å²) in [6.45, 7) is 6.70. The van der Waals surface area contributed by atoms with Crippen LogP contribution in [0.2, 0.25) is 0 Å². The molecule has 1 atom stereocenters. The number of fused-ring (bicyclic) bond motifs is 6. The number of benzene rings is 4. The zero-order valence-electron chi connectivity index (χ0n) is 23.8. The van der Waals surface area contributed by atoms with Crippen LogP contribution in [0.3, 0.4) is 0 Å². The van der Waals surface area contributed by atoms with E-state index in [-0.39, 0.29) is 5.41 Å². The average molecular weight is 548 g/mol. The lowest BCUT2D eigenvalue weighted by Gasteiger charge is -2.34. The van der Waals surface area contributed by atoms with Gasteiger partial charge in [-0.25, -0.2) is 15.0 Å². The standard InChI is InChI=1S/C37H29N3O2/c1-22-14-16-26-27-17-18-28-33(32(27)42-31(26)20-22)41-30-19-15-25(21-29(30)37(28,2)3)36-39-34(23-10-6-4-7-11-23)38-35(40-36)24-12-8-5-9-13-24/h4-19,21-22H,20H2,1-3H3. The van der Waals surface area contributed by atoms with Crippen LogP contribution in [0.15, 0.2) is 101 Å². The van der Waals surface area contributed by atoms with Crippen LogP contribution < -0.4 is 4.74 Å². The van der Waals surface area contributed by atoms with Crippen molar-refractivity contribution in [3.05, 3.63) is 120 Å². The van der Waals surface area contributed by atoms with E-state index in [1.807, 2.05) is 72.8 Å². The van der Waals surface area contributed by atoms with Gasteiger partial charge >= 0.3 is 0 Å². The Balaban J connectivity index is 1.26. The number of nitrogens with zero attached hydrogens (tertiary/aromatic N) is 3. The number of furan rings is 1. The predicted molar refractivity (Wildman–Crippen MR) is 166 cm³/mol. The van der Waals surface area contributed by atoms with Crippen LogP contribution in [0.4, 0.5) is 0 Å². The van der Waals surface area contributed by atoms with Crippen LogP contribution in [0.1, 0.15) is 43.2 Å². The van der Waals surface area contributed by atoms with Gasteiger partial charge < -0.3 is 9.15 Å². The summed E-state index contributed by atoms with van der Waals surface area (Å²) in [6.07, 6.45) is 5.35. The molecule has 42 heavy (non-hydrogen) atoms. The SMILES string of the molecule is CC1C=Cc2c(oc3c4c(ccc23)C(C)(C)c2cc(-c3nc(-c5ccccc5)nc(-c5ccccc5)n3)ccc2O4)C1. The summed E-state index contributed by atoms with van der Waals surface area (Å²) in [5.41, 5.74) is 6.67. The molecule has 1 aliphatic heterocycles. The Kier molecular flexibility index (Phi) is 5.45. The van der Waals surface area contributed by atoms with Gasteiger partial charge in [0.15, 0.2) is 28.8 Å². The van der Waals surface area contributed by atoms with Crippen LogP contribution >= 0.6 is 0 Å². The zero-order chi connectivity index (χ0) is 28.4. The van der Waals surface area contributed by atoms with E-state index in [0.717, 1.165) is 62.5 Å². The van der Waals surface area contributed by atoms with Crippen LogP contribution in [0, 0.1) is 5.92 Å². The van der Waals surface area contributed by atoms with Crippen molar-refractivity contribution >= 4 is 17.0 Å². The fourth-order valence-electron chi connectivity index (χ4n) is 6.19. The van der Waals surface area contributed by atoms with Crippen LogP contribution in [-0.2, 0) is 11.8 Å². The maximum Gasteiger partial charge on any atom is 0.177 e. The average Bonchev–Trinajstić information content (AvgIpc) is 3.40. The topological polar surface area (TPSA) is 61.0 Å². The smallest absolute Gasteiger partial charge is 0.177 e. The van der Waals surface area contributed by atoms with Gasteiger partial charge in [-0.1, -0.05) is 99.7 Å². The lowest BCUT2D eigenvalue weighted by atomic mass is 9.75. The third kappa shape index (κ3) is 3.88. The number of ether oxygens (including phenoxy) is 1. The van der Waals surface area contributed by atoms with Crippen molar-refractivity contribution in [2.45, 2.75) is 32.6 Å². The first kappa shape index (κ1) is 24.7. The fourth-order valence-corrected chi connectivity index (χ4v) is 6.19. The number of hydrogen-bond acceptors (Lipinski definition) is 5. The molecule has 4 aromatic carbocycles. The summed E-state index contributed by atoms with van der Waals surface area (Å²) in [5, 5.41) is 1.11. The van der Waals surface area contributed by atoms with Gasteiger partial charge in [0.1, 0.15) is 11.5 Å². The Morgan fingerprint density at radius 3 is 2.02 bits per heavy atom. The molecule has 1 aliphatic carbocycles. The molecule has 0 bridgehead atoms. The molecule has 2 aliphatic rings. The minimum atomic E-state index is -0.332. The predicted octanol–water partition coefficient (Wildman–Crippen LogP) is 9.26. The van der Waals surface area contributed by atoms with Gasteiger partial charge in [0, 0.05) is 50.6 Å². The molecule has 2 aromatic heterocycles. The molecule has 204 valence electrons. The molecule has 5 heteroatoms. The van der Waals surface area contributed by atoms with E-state index in [4.69, 9.17) is 24.1 Å².